The van der Waals surface area contributed by atoms with E-state index in [-0.39, 0.29) is 28.9 Å². The van der Waals surface area contributed by atoms with Crippen LogP contribution in [0, 0.1) is 0 Å². The van der Waals surface area contributed by atoms with Crippen LogP contribution in [0.4, 0.5) is 0 Å². The van der Waals surface area contributed by atoms with Crippen molar-refractivity contribution in [3.05, 3.63) is 29.8 Å². The maximum absolute atomic E-state index is 11.7. The summed E-state index contributed by atoms with van der Waals surface area (Å²) in [5, 5.41) is 9.11. The van der Waals surface area contributed by atoms with Gasteiger partial charge in [-0.05, 0) is 26.2 Å². The van der Waals surface area contributed by atoms with E-state index in [9.17, 15) is 13.2 Å². The standard InChI is InChI=1S/C13H17NO5S/c1-14(2)10-7-20(17,18)8-12(10)19-11-6-4-3-5-9(11)13(15)16/h3-6,10,12H,7-8H2,1-2H3,(H,15,16). The number of carbonyl (C=O) groups is 1. The lowest BCUT2D eigenvalue weighted by Crippen LogP contribution is -2.41. The lowest BCUT2D eigenvalue weighted by atomic mass is 10.1. The minimum atomic E-state index is -3.16. The van der Waals surface area contributed by atoms with Gasteiger partial charge >= 0.3 is 5.97 Å². The van der Waals surface area contributed by atoms with Gasteiger partial charge in [0.15, 0.2) is 9.84 Å². The minimum absolute atomic E-state index is 0.0277. The van der Waals surface area contributed by atoms with E-state index in [1.807, 2.05) is 0 Å². The number of para-hydroxylation sites is 1. The van der Waals surface area contributed by atoms with Gasteiger partial charge in [0.25, 0.3) is 0 Å². The van der Waals surface area contributed by atoms with E-state index in [1.54, 1.807) is 37.2 Å². The van der Waals surface area contributed by atoms with Gasteiger partial charge in [-0.3, -0.25) is 0 Å². The van der Waals surface area contributed by atoms with Gasteiger partial charge in [-0.25, -0.2) is 13.2 Å². The number of benzene rings is 1. The normalized spacial score (nSPS) is 24.8. The second-order valence-electron chi connectivity index (χ2n) is 5.07. The van der Waals surface area contributed by atoms with Gasteiger partial charge in [0.2, 0.25) is 0 Å². The number of ether oxygens (including phenoxy) is 1. The second-order valence-corrected chi connectivity index (χ2v) is 7.22. The quantitative estimate of drug-likeness (QED) is 0.871. The monoisotopic (exact) mass is 299 g/mol. The molecular weight excluding hydrogens is 282 g/mol. The van der Waals surface area contributed by atoms with Crippen molar-refractivity contribution >= 4 is 15.8 Å². The molecule has 6 nitrogen and oxygen atoms in total. The smallest absolute Gasteiger partial charge is 0.339 e. The predicted octanol–water partition coefficient (Wildman–Crippen LogP) is 0.491. The molecular formula is C13H17NO5S. The summed E-state index contributed by atoms with van der Waals surface area (Å²) in [6.07, 6.45) is -0.560. The molecule has 0 aliphatic carbocycles. The number of aromatic carboxylic acids is 1. The van der Waals surface area contributed by atoms with Gasteiger partial charge in [-0.15, -0.1) is 0 Å². The van der Waals surface area contributed by atoms with E-state index in [0.717, 1.165) is 0 Å². The Morgan fingerprint density at radius 1 is 1.30 bits per heavy atom. The summed E-state index contributed by atoms with van der Waals surface area (Å²) in [6, 6.07) is 5.97. The molecule has 1 aliphatic rings. The van der Waals surface area contributed by atoms with E-state index in [2.05, 4.69) is 0 Å². The van der Waals surface area contributed by atoms with Gasteiger partial charge in [-0.1, -0.05) is 12.1 Å². The summed E-state index contributed by atoms with van der Waals surface area (Å²) < 4.78 is 29.2. The second kappa shape index (κ2) is 5.41. The molecule has 1 heterocycles. The third-order valence-electron chi connectivity index (χ3n) is 3.33. The third-order valence-corrected chi connectivity index (χ3v) is 5.02. The van der Waals surface area contributed by atoms with Crippen LogP contribution in [0.25, 0.3) is 0 Å². The molecule has 2 rings (SSSR count). The Bertz CT molecular complexity index is 611. The van der Waals surface area contributed by atoms with Crippen molar-refractivity contribution < 1.29 is 23.1 Å². The molecule has 1 N–H and O–H groups in total. The fraction of sp³-hybridized carbons (Fsp3) is 0.462. The van der Waals surface area contributed by atoms with Gasteiger partial charge in [0, 0.05) is 0 Å². The van der Waals surface area contributed by atoms with Crippen LogP contribution >= 0.6 is 0 Å². The number of carboxylic acids is 1. The molecule has 1 fully saturated rings. The van der Waals surface area contributed by atoms with E-state index >= 15 is 0 Å². The Balaban J connectivity index is 2.27. The largest absolute Gasteiger partial charge is 0.487 e. The molecule has 0 amide bonds. The Labute approximate surface area is 117 Å². The number of hydrogen-bond donors (Lipinski definition) is 1. The average Bonchev–Trinajstić information content (AvgIpc) is 2.65. The Morgan fingerprint density at radius 2 is 1.95 bits per heavy atom. The van der Waals surface area contributed by atoms with E-state index < -0.39 is 21.9 Å². The van der Waals surface area contributed by atoms with Crippen molar-refractivity contribution in [3.63, 3.8) is 0 Å². The molecule has 110 valence electrons. The van der Waals surface area contributed by atoms with Crippen LogP contribution in [-0.4, -0.2) is 62.1 Å². The van der Waals surface area contributed by atoms with Crippen LogP contribution in [-0.2, 0) is 9.84 Å². The number of hydrogen-bond acceptors (Lipinski definition) is 5. The molecule has 2 unspecified atom stereocenters. The summed E-state index contributed by atoms with van der Waals surface area (Å²) >= 11 is 0. The SMILES string of the molecule is CN(C)C1CS(=O)(=O)CC1Oc1ccccc1C(=O)O. The van der Waals surface area contributed by atoms with Crippen molar-refractivity contribution in [2.75, 3.05) is 25.6 Å². The molecule has 0 aromatic heterocycles. The fourth-order valence-corrected chi connectivity index (χ4v) is 4.26. The molecule has 0 bridgehead atoms. The van der Waals surface area contributed by atoms with Crippen LogP contribution in [0.3, 0.4) is 0 Å². The molecule has 1 saturated heterocycles. The van der Waals surface area contributed by atoms with Crippen molar-refractivity contribution in [3.8, 4) is 5.75 Å². The number of rotatable bonds is 4. The van der Waals surface area contributed by atoms with Gasteiger partial charge in [0.1, 0.15) is 17.4 Å². The Hall–Kier alpha value is -1.60. The maximum Gasteiger partial charge on any atom is 0.339 e. The number of carboxylic acid groups (broad SMARTS) is 1. The number of likely N-dealkylation sites (N-methyl/N-ethyl adjacent to an activating group) is 1. The molecule has 0 saturated carbocycles. The van der Waals surface area contributed by atoms with Gasteiger partial charge in [-0.2, -0.15) is 0 Å². The number of sulfone groups is 1. The third kappa shape index (κ3) is 3.10. The Morgan fingerprint density at radius 3 is 2.55 bits per heavy atom. The Kier molecular flexibility index (Phi) is 4.01. The summed E-state index contributed by atoms with van der Waals surface area (Å²) in [5.41, 5.74) is 0.0364. The molecule has 1 aromatic carbocycles. The highest BCUT2D eigenvalue weighted by Gasteiger charge is 2.40. The summed E-state index contributed by atoms with van der Waals surface area (Å²) in [4.78, 5) is 12.9. The van der Waals surface area contributed by atoms with Crippen molar-refractivity contribution in [2.45, 2.75) is 12.1 Å². The zero-order valence-electron chi connectivity index (χ0n) is 11.3. The summed E-state index contributed by atoms with van der Waals surface area (Å²) in [5.74, 6) is -0.958. The first-order valence-corrected chi connectivity index (χ1v) is 7.98. The number of nitrogens with zero attached hydrogens (tertiary/aromatic N) is 1. The van der Waals surface area contributed by atoms with Crippen molar-refractivity contribution in [1.82, 2.24) is 4.90 Å². The molecule has 20 heavy (non-hydrogen) atoms. The maximum atomic E-state index is 11.7. The van der Waals surface area contributed by atoms with Crippen molar-refractivity contribution in [2.24, 2.45) is 0 Å². The highest BCUT2D eigenvalue weighted by atomic mass is 32.2. The van der Waals surface area contributed by atoms with Crippen LogP contribution in [0.2, 0.25) is 0 Å². The predicted molar refractivity (Wildman–Crippen MR) is 73.9 cm³/mol. The molecule has 1 aromatic rings. The zero-order valence-corrected chi connectivity index (χ0v) is 12.1. The molecule has 1 aliphatic heterocycles. The van der Waals surface area contributed by atoms with Gasteiger partial charge in [0.05, 0.1) is 17.5 Å². The first-order chi connectivity index (χ1) is 9.30. The highest BCUT2D eigenvalue weighted by molar-refractivity contribution is 7.91. The van der Waals surface area contributed by atoms with Crippen LogP contribution in [0.5, 0.6) is 5.75 Å². The first kappa shape index (κ1) is 14.8. The van der Waals surface area contributed by atoms with E-state index in [1.165, 1.54) is 6.07 Å². The van der Waals surface area contributed by atoms with Crippen LogP contribution in [0.15, 0.2) is 24.3 Å². The molecule has 7 heteroatoms. The van der Waals surface area contributed by atoms with E-state index in [4.69, 9.17) is 9.84 Å². The summed E-state index contributed by atoms with van der Waals surface area (Å²) in [6.45, 7) is 0. The molecule has 2 atom stereocenters. The lowest BCUT2D eigenvalue weighted by molar-refractivity contribution is 0.0685. The zero-order chi connectivity index (χ0) is 14.9. The fourth-order valence-electron chi connectivity index (χ4n) is 2.30. The van der Waals surface area contributed by atoms with Crippen molar-refractivity contribution in [1.29, 1.82) is 0 Å². The highest BCUT2D eigenvalue weighted by Crippen LogP contribution is 2.25. The summed E-state index contributed by atoms with van der Waals surface area (Å²) in [7, 11) is 0.408. The topological polar surface area (TPSA) is 83.9 Å². The minimum Gasteiger partial charge on any atom is -0.487 e. The average molecular weight is 299 g/mol. The molecule has 0 radical (unpaired) electrons. The van der Waals surface area contributed by atoms with Gasteiger partial charge < -0.3 is 14.7 Å². The lowest BCUT2D eigenvalue weighted by Gasteiger charge is -2.25. The molecule has 0 spiro atoms. The van der Waals surface area contributed by atoms with E-state index in [0.29, 0.717) is 0 Å². The first-order valence-electron chi connectivity index (χ1n) is 6.16. The van der Waals surface area contributed by atoms with Crippen LogP contribution < -0.4 is 4.74 Å². The van der Waals surface area contributed by atoms with Crippen LogP contribution in [0.1, 0.15) is 10.4 Å².